The first-order valence-electron chi connectivity index (χ1n) is 10.5. The number of aliphatic hydroxyl groups excluding tert-OH is 1. The van der Waals surface area contributed by atoms with Gasteiger partial charge in [-0.2, -0.15) is 0 Å². The highest BCUT2D eigenvalue weighted by Gasteiger charge is 2.36. The Morgan fingerprint density at radius 2 is 1.97 bits per heavy atom. The Morgan fingerprint density at radius 1 is 1.14 bits per heavy atom. The van der Waals surface area contributed by atoms with E-state index >= 15 is 0 Å². The van der Waals surface area contributed by atoms with Crippen LogP contribution in [0.15, 0.2) is 36.4 Å². The Morgan fingerprint density at radius 3 is 2.72 bits per heavy atom. The lowest BCUT2D eigenvalue weighted by Gasteiger charge is -2.26. The fourth-order valence-electron chi connectivity index (χ4n) is 4.78. The molecule has 0 saturated heterocycles. The number of rotatable bonds is 6. The molecule has 0 radical (unpaired) electrons. The number of methoxy groups -OCH3 is 1. The molecular formula is C24H30ClNO3. The number of aryl methyl sites for hydroxylation is 1. The molecule has 0 heterocycles. The van der Waals surface area contributed by atoms with E-state index in [2.05, 4.69) is 18.2 Å². The first-order chi connectivity index (χ1) is 14.0. The standard InChI is InChI=1S/C24H30ClNO3/c1-28-22-10-21(25)11-23(12-22)29-14-16-2-3-18-9-19(5-4-17(18)8-16)20-6-7-24(26,13-20)15-27/h4-5,9-12,16,20,27H,2-3,6-8,13-15,26H2,1H3/t16-,20+,24-/m1/s1. The van der Waals surface area contributed by atoms with Crippen LogP contribution in [0.1, 0.15) is 48.3 Å². The Balaban J connectivity index is 1.38. The third-order valence-corrected chi connectivity index (χ3v) is 6.78. The molecule has 0 unspecified atom stereocenters. The van der Waals surface area contributed by atoms with Crippen molar-refractivity contribution >= 4 is 11.6 Å². The Bertz CT molecular complexity index is 871. The van der Waals surface area contributed by atoms with Gasteiger partial charge < -0.3 is 20.3 Å². The quantitative estimate of drug-likeness (QED) is 0.729. The second-order valence-electron chi connectivity index (χ2n) is 8.73. The Kier molecular flexibility index (Phi) is 6.05. The molecule has 3 atom stereocenters. The highest BCUT2D eigenvalue weighted by molar-refractivity contribution is 6.30. The van der Waals surface area contributed by atoms with E-state index < -0.39 is 5.54 Å². The van der Waals surface area contributed by atoms with E-state index in [9.17, 15) is 5.11 Å². The van der Waals surface area contributed by atoms with Crippen LogP contribution in [0.5, 0.6) is 11.5 Å². The van der Waals surface area contributed by atoms with Gasteiger partial charge in [0, 0.05) is 16.6 Å². The van der Waals surface area contributed by atoms with Gasteiger partial charge in [0.05, 0.1) is 20.3 Å². The molecule has 2 aliphatic carbocycles. The molecular weight excluding hydrogens is 386 g/mol. The predicted molar refractivity (Wildman–Crippen MR) is 116 cm³/mol. The summed E-state index contributed by atoms with van der Waals surface area (Å²) in [5, 5.41) is 10.2. The van der Waals surface area contributed by atoms with Crippen LogP contribution in [0.3, 0.4) is 0 Å². The molecule has 2 aromatic rings. The first-order valence-corrected chi connectivity index (χ1v) is 10.8. The number of halogens is 1. The first kappa shape index (κ1) is 20.5. The van der Waals surface area contributed by atoms with Gasteiger partial charge in [0.2, 0.25) is 0 Å². The molecule has 0 aromatic heterocycles. The fourth-order valence-corrected chi connectivity index (χ4v) is 5.00. The maximum atomic E-state index is 9.54. The highest BCUT2D eigenvalue weighted by Crippen LogP contribution is 2.40. The van der Waals surface area contributed by atoms with Crippen LogP contribution >= 0.6 is 11.6 Å². The van der Waals surface area contributed by atoms with E-state index in [0.29, 0.717) is 29.2 Å². The van der Waals surface area contributed by atoms with Gasteiger partial charge in [0.15, 0.2) is 0 Å². The molecule has 0 bridgehead atoms. The average Bonchev–Trinajstić information content (AvgIpc) is 3.14. The minimum atomic E-state index is -0.397. The van der Waals surface area contributed by atoms with Crippen molar-refractivity contribution in [1.82, 2.24) is 0 Å². The van der Waals surface area contributed by atoms with Crippen LogP contribution in [-0.4, -0.2) is 31.0 Å². The zero-order chi connectivity index (χ0) is 20.4. The molecule has 2 aliphatic rings. The smallest absolute Gasteiger partial charge is 0.124 e. The summed E-state index contributed by atoms with van der Waals surface area (Å²) in [5.41, 5.74) is 10.1. The summed E-state index contributed by atoms with van der Waals surface area (Å²) in [6.45, 7) is 0.758. The fraction of sp³-hybridized carbons (Fsp3) is 0.500. The van der Waals surface area contributed by atoms with Gasteiger partial charge >= 0.3 is 0 Å². The molecule has 4 nitrogen and oxygen atoms in total. The van der Waals surface area contributed by atoms with Crippen LogP contribution in [0.4, 0.5) is 0 Å². The van der Waals surface area contributed by atoms with E-state index in [1.807, 2.05) is 12.1 Å². The summed E-state index contributed by atoms with van der Waals surface area (Å²) in [5.74, 6) is 2.43. The zero-order valence-electron chi connectivity index (χ0n) is 17.0. The number of aliphatic hydroxyl groups is 1. The van der Waals surface area contributed by atoms with Crippen molar-refractivity contribution in [3.05, 3.63) is 58.1 Å². The average molecular weight is 416 g/mol. The van der Waals surface area contributed by atoms with Crippen LogP contribution < -0.4 is 15.2 Å². The monoisotopic (exact) mass is 415 g/mol. The molecule has 2 aromatic carbocycles. The number of hydrogen-bond donors (Lipinski definition) is 2. The van der Waals surface area contributed by atoms with Gasteiger partial charge in [-0.1, -0.05) is 29.8 Å². The van der Waals surface area contributed by atoms with Gasteiger partial charge in [0.25, 0.3) is 0 Å². The van der Waals surface area contributed by atoms with Gasteiger partial charge in [-0.05, 0) is 79.2 Å². The topological polar surface area (TPSA) is 64.7 Å². The SMILES string of the molecule is COc1cc(Cl)cc(OC[C@@H]2CCc3cc([C@H]4CC[C@](N)(CO)C4)ccc3C2)c1. The maximum Gasteiger partial charge on any atom is 0.124 e. The third kappa shape index (κ3) is 4.71. The van der Waals surface area contributed by atoms with Crippen molar-refractivity contribution < 1.29 is 14.6 Å². The lowest BCUT2D eigenvalue weighted by Crippen LogP contribution is -2.40. The van der Waals surface area contributed by atoms with Gasteiger partial charge in [-0.25, -0.2) is 0 Å². The molecule has 4 rings (SSSR count). The van der Waals surface area contributed by atoms with Crippen molar-refractivity contribution in [2.24, 2.45) is 11.7 Å². The Hall–Kier alpha value is -1.75. The maximum absolute atomic E-state index is 9.54. The number of hydrogen-bond acceptors (Lipinski definition) is 4. The summed E-state index contributed by atoms with van der Waals surface area (Å²) in [7, 11) is 1.63. The largest absolute Gasteiger partial charge is 0.497 e. The zero-order valence-corrected chi connectivity index (χ0v) is 17.8. The van der Waals surface area contributed by atoms with Crippen molar-refractivity contribution in [3.63, 3.8) is 0 Å². The van der Waals surface area contributed by atoms with E-state index in [1.54, 1.807) is 13.2 Å². The predicted octanol–water partition coefficient (Wildman–Crippen LogP) is 4.49. The van der Waals surface area contributed by atoms with E-state index in [4.69, 9.17) is 26.8 Å². The molecule has 0 aliphatic heterocycles. The van der Waals surface area contributed by atoms with Crippen LogP contribution in [0.2, 0.25) is 5.02 Å². The highest BCUT2D eigenvalue weighted by atomic mass is 35.5. The van der Waals surface area contributed by atoms with Gasteiger partial charge in [-0.3, -0.25) is 0 Å². The Labute approximate surface area is 178 Å². The molecule has 0 amide bonds. The summed E-state index contributed by atoms with van der Waals surface area (Å²) in [6.07, 6.45) is 6.08. The number of nitrogens with two attached hydrogens (primary N) is 1. The van der Waals surface area contributed by atoms with E-state index in [-0.39, 0.29) is 6.61 Å². The molecule has 29 heavy (non-hydrogen) atoms. The summed E-state index contributed by atoms with van der Waals surface area (Å²) >= 11 is 6.13. The lowest BCUT2D eigenvalue weighted by atomic mass is 9.82. The van der Waals surface area contributed by atoms with Crippen molar-refractivity contribution in [2.75, 3.05) is 20.3 Å². The molecule has 3 N–H and O–H groups in total. The summed E-state index contributed by atoms with van der Waals surface area (Å²) in [4.78, 5) is 0. The number of benzene rings is 2. The molecule has 1 fully saturated rings. The summed E-state index contributed by atoms with van der Waals surface area (Å²) in [6, 6.07) is 12.4. The molecule has 0 spiro atoms. The minimum Gasteiger partial charge on any atom is -0.497 e. The third-order valence-electron chi connectivity index (χ3n) is 6.56. The van der Waals surface area contributed by atoms with Crippen LogP contribution in [0, 0.1) is 5.92 Å². The van der Waals surface area contributed by atoms with Crippen molar-refractivity contribution in [2.45, 2.75) is 50.0 Å². The minimum absolute atomic E-state index is 0.0780. The number of ether oxygens (including phenoxy) is 2. The lowest BCUT2D eigenvalue weighted by molar-refractivity contribution is 0.198. The summed E-state index contributed by atoms with van der Waals surface area (Å²) < 4.78 is 11.3. The van der Waals surface area contributed by atoms with Crippen molar-refractivity contribution in [3.8, 4) is 11.5 Å². The molecule has 1 saturated carbocycles. The molecule has 156 valence electrons. The second kappa shape index (κ2) is 8.55. The van der Waals surface area contributed by atoms with E-state index in [0.717, 1.165) is 44.3 Å². The normalized spacial score (nSPS) is 26.2. The van der Waals surface area contributed by atoms with E-state index in [1.165, 1.54) is 16.7 Å². The van der Waals surface area contributed by atoms with Crippen LogP contribution in [-0.2, 0) is 12.8 Å². The number of fused-ring (bicyclic) bond motifs is 1. The van der Waals surface area contributed by atoms with Crippen molar-refractivity contribution in [1.29, 1.82) is 0 Å². The second-order valence-corrected chi connectivity index (χ2v) is 9.17. The van der Waals surface area contributed by atoms with Gasteiger partial charge in [0.1, 0.15) is 11.5 Å². The van der Waals surface area contributed by atoms with Crippen LogP contribution in [0.25, 0.3) is 0 Å². The molecule has 5 heteroatoms. The van der Waals surface area contributed by atoms with Gasteiger partial charge in [-0.15, -0.1) is 0 Å².